The highest BCUT2D eigenvalue weighted by Gasteiger charge is 2.16. The number of hydrogen-bond donors (Lipinski definition) is 2. The van der Waals surface area contributed by atoms with Gasteiger partial charge < -0.3 is 15.4 Å². The molecule has 5 heteroatoms. The number of aromatic nitrogens is 2. The first-order valence-corrected chi connectivity index (χ1v) is 13.3. The number of nitrogens with zero attached hydrogens (tertiary/aromatic N) is 2. The first-order valence-electron chi connectivity index (χ1n) is 13.3. The van der Waals surface area contributed by atoms with Gasteiger partial charge in [0.05, 0.1) is 29.3 Å². The number of anilines is 2. The number of methoxy groups -OCH3 is 1. The second-order valence-electron chi connectivity index (χ2n) is 9.76. The number of hydrogen-bond acceptors (Lipinski definition) is 3. The quantitative estimate of drug-likeness (QED) is 0.284. The number of fused-ring (bicyclic) bond motifs is 8. The third kappa shape index (κ3) is 4.69. The lowest BCUT2D eigenvalue weighted by molar-refractivity contribution is -0.675. The van der Waals surface area contributed by atoms with E-state index in [1.807, 2.05) is 0 Å². The molecule has 0 spiro atoms. The van der Waals surface area contributed by atoms with Gasteiger partial charge in [0.15, 0.2) is 12.4 Å². The minimum absolute atomic E-state index is 0.694. The average molecular weight is 491 g/mol. The molecule has 0 radical (unpaired) electrons. The lowest BCUT2D eigenvalue weighted by Gasteiger charge is -2.17. The summed E-state index contributed by atoms with van der Waals surface area (Å²) < 4.78 is 10.7. The number of benzene rings is 3. The van der Waals surface area contributed by atoms with Crippen LogP contribution >= 0.6 is 0 Å². The Kier molecular flexibility index (Phi) is 6.59. The predicted molar refractivity (Wildman–Crippen MR) is 150 cm³/mol. The van der Waals surface area contributed by atoms with Crippen molar-refractivity contribution >= 4 is 33.2 Å². The highest BCUT2D eigenvalue weighted by molar-refractivity contribution is 5.89. The van der Waals surface area contributed by atoms with Gasteiger partial charge in [0.25, 0.3) is 0 Å². The number of para-hydroxylation sites is 3. The van der Waals surface area contributed by atoms with Crippen LogP contribution in [0.5, 0.6) is 5.75 Å². The highest BCUT2D eigenvalue weighted by atomic mass is 16.5. The third-order valence-electron chi connectivity index (χ3n) is 7.47. The van der Waals surface area contributed by atoms with Crippen LogP contribution in [0.25, 0.3) is 21.8 Å². The molecule has 5 aromatic rings. The third-order valence-corrected chi connectivity index (χ3v) is 7.47. The summed E-state index contributed by atoms with van der Waals surface area (Å²) in [7, 11) is 1.77. The summed E-state index contributed by atoms with van der Waals surface area (Å²) in [6.45, 7) is 3.43. The molecule has 0 atom stereocenters. The van der Waals surface area contributed by atoms with E-state index >= 15 is 0 Å². The zero-order valence-corrected chi connectivity index (χ0v) is 21.4. The van der Waals surface area contributed by atoms with Gasteiger partial charge in [0.1, 0.15) is 18.8 Å². The number of rotatable bonds is 1. The maximum atomic E-state index is 5.94. The monoisotopic (exact) mass is 490 g/mol. The molecule has 6 bridgehead atoms. The van der Waals surface area contributed by atoms with Crippen LogP contribution in [0.15, 0.2) is 91.3 Å². The molecule has 0 amide bonds. The molecule has 2 aliphatic rings. The van der Waals surface area contributed by atoms with Crippen molar-refractivity contribution in [1.82, 2.24) is 0 Å². The number of nitrogens with one attached hydrogen (secondary N) is 2. The summed E-state index contributed by atoms with van der Waals surface area (Å²) >= 11 is 0. The van der Waals surface area contributed by atoms with Gasteiger partial charge in [0, 0.05) is 61.3 Å². The van der Waals surface area contributed by atoms with Crippen molar-refractivity contribution in [3.8, 4) is 5.75 Å². The molecule has 2 aromatic heterocycles. The fourth-order valence-electron chi connectivity index (χ4n) is 5.57. The molecule has 2 aliphatic heterocycles. The Bertz CT molecular complexity index is 1450. The number of aryl methyl sites for hydroxylation is 2. The Morgan fingerprint density at radius 3 is 1.62 bits per heavy atom. The van der Waals surface area contributed by atoms with Crippen LogP contribution in [-0.4, -0.2) is 7.11 Å². The van der Waals surface area contributed by atoms with Crippen molar-refractivity contribution in [2.24, 2.45) is 0 Å². The van der Waals surface area contributed by atoms with Gasteiger partial charge in [0.2, 0.25) is 11.0 Å². The Labute approximate surface area is 218 Å². The molecule has 0 fully saturated rings. The van der Waals surface area contributed by atoms with Crippen molar-refractivity contribution in [3.05, 3.63) is 102 Å². The molecular formula is C32H34N4O+2. The van der Waals surface area contributed by atoms with E-state index in [2.05, 4.69) is 111 Å². The maximum Gasteiger partial charge on any atom is 0.214 e. The van der Waals surface area contributed by atoms with Gasteiger partial charge in [-0.3, -0.25) is 0 Å². The Morgan fingerprint density at radius 1 is 0.595 bits per heavy atom. The fourth-order valence-corrected chi connectivity index (χ4v) is 5.57. The maximum absolute atomic E-state index is 5.94. The van der Waals surface area contributed by atoms with Crippen LogP contribution < -0.4 is 24.5 Å². The molecule has 0 saturated heterocycles. The van der Waals surface area contributed by atoms with E-state index in [-0.39, 0.29) is 0 Å². The summed E-state index contributed by atoms with van der Waals surface area (Å²) in [6, 6.07) is 28.2. The van der Waals surface area contributed by atoms with Crippen molar-refractivity contribution in [1.29, 1.82) is 0 Å². The van der Waals surface area contributed by atoms with E-state index in [1.165, 1.54) is 28.2 Å². The largest absolute Gasteiger partial charge is 0.496 e. The van der Waals surface area contributed by atoms with E-state index in [0.717, 1.165) is 54.2 Å². The molecule has 37 heavy (non-hydrogen) atoms. The van der Waals surface area contributed by atoms with Crippen LogP contribution in [0, 0.1) is 0 Å². The lowest BCUT2D eigenvalue weighted by Crippen LogP contribution is -2.35. The van der Waals surface area contributed by atoms with E-state index in [1.54, 1.807) is 7.11 Å². The lowest BCUT2D eigenvalue weighted by atomic mass is 10.1. The molecule has 0 saturated carbocycles. The minimum Gasteiger partial charge on any atom is -0.496 e. The fraction of sp³-hybridized carbons (Fsp3) is 0.250. The van der Waals surface area contributed by atoms with E-state index < -0.39 is 0 Å². The number of pyridine rings is 2. The molecule has 2 N–H and O–H groups in total. The van der Waals surface area contributed by atoms with Crippen molar-refractivity contribution in [2.75, 3.05) is 17.7 Å². The topological polar surface area (TPSA) is 41.0 Å². The summed E-state index contributed by atoms with van der Waals surface area (Å²) in [5.41, 5.74) is 7.12. The SMILES string of the molecule is COc1c2cccc1CNc1cc[n+](c3ccccc13)CCCCC[n+]1ccc(c3ccccc31)NC2. The van der Waals surface area contributed by atoms with Gasteiger partial charge >= 0.3 is 0 Å². The first kappa shape index (κ1) is 23.3. The van der Waals surface area contributed by atoms with Gasteiger partial charge in [-0.05, 0) is 18.6 Å². The van der Waals surface area contributed by atoms with Crippen LogP contribution in [0.4, 0.5) is 11.4 Å². The van der Waals surface area contributed by atoms with E-state index in [0.29, 0.717) is 13.1 Å². The van der Waals surface area contributed by atoms with Crippen molar-refractivity contribution in [2.45, 2.75) is 45.4 Å². The second kappa shape index (κ2) is 10.5. The summed E-state index contributed by atoms with van der Waals surface area (Å²) in [5, 5.41) is 9.88. The van der Waals surface area contributed by atoms with Gasteiger partial charge in [-0.25, -0.2) is 0 Å². The van der Waals surface area contributed by atoms with E-state index in [4.69, 9.17) is 4.74 Å². The first-order chi connectivity index (χ1) is 18.3. The standard InChI is InChI=1S/C32H32N4O/c1-37-32-24-10-9-11-25(32)23-34-29-17-21-36(31-15-6-4-13-27(29)31)19-8-2-7-18-35-20-16-28(33-22-24)26-12-3-5-14-30(26)35/h3-6,9-17,20-21H,2,7-8,18-19,22-23H2,1H3/p+2. The zero-order valence-electron chi connectivity index (χ0n) is 21.4. The molecule has 186 valence electrons. The van der Waals surface area contributed by atoms with Crippen LogP contribution in [0.2, 0.25) is 0 Å². The van der Waals surface area contributed by atoms with Crippen molar-refractivity contribution < 1.29 is 13.9 Å². The summed E-state index contributed by atoms with van der Waals surface area (Å²) in [5.74, 6) is 0.933. The molecule has 4 heterocycles. The summed E-state index contributed by atoms with van der Waals surface area (Å²) in [4.78, 5) is 0. The Balaban J connectivity index is 1.40. The van der Waals surface area contributed by atoms with Gasteiger partial charge in [-0.15, -0.1) is 0 Å². The molecule has 3 aromatic carbocycles. The second-order valence-corrected chi connectivity index (χ2v) is 9.76. The molecular weight excluding hydrogens is 456 g/mol. The van der Waals surface area contributed by atoms with Crippen LogP contribution in [-0.2, 0) is 26.2 Å². The Hall–Kier alpha value is -4.12. The smallest absolute Gasteiger partial charge is 0.214 e. The van der Waals surface area contributed by atoms with Crippen LogP contribution in [0.1, 0.15) is 30.4 Å². The summed E-state index contributed by atoms with van der Waals surface area (Å²) in [6.07, 6.45) is 7.95. The number of ether oxygens (including phenoxy) is 1. The molecule has 5 nitrogen and oxygen atoms in total. The minimum atomic E-state index is 0.694. The van der Waals surface area contributed by atoms with Gasteiger partial charge in [-0.2, -0.15) is 9.13 Å². The molecule has 7 rings (SSSR count). The van der Waals surface area contributed by atoms with Crippen molar-refractivity contribution in [3.63, 3.8) is 0 Å². The molecule has 0 aliphatic carbocycles. The Morgan fingerprint density at radius 2 is 1.11 bits per heavy atom. The molecule has 0 unspecified atom stereocenters. The predicted octanol–water partition coefficient (Wildman–Crippen LogP) is 5.98. The van der Waals surface area contributed by atoms with Crippen LogP contribution in [0.3, 0.4) is 0 Å². The zero-order chi connectivity index (χ0) is 25.0. The average Bonchev–Trinajstić information content (AvgIpc) is 2.95. The van der Waals surface area contributed by atoms with E-state index in [9.17, 15) is 0 Å². The highest BCUT2D eigenvalue weighted by Crippen LogP contribution is 2.28. The van der Waals surface area contributed by atoms with Gasteiger partial charge in [-0.1, -0.05) is 42.5 Å². The normalized spacial score (nSPS) is 14.3.